The summed E-state index contributed by atoms with van der Waals surface area (Å²) in [7, 11) is 0. The summed E-state index contributed by atoms with van der Waals surface area (Å²) in [5.74, 6) is 0.130. The smallest absolute Gasteiger partial charge is 0.223 e. The number of carbonyl (C=O) groups is 1. The molecule has 0 aliphatic heterocycles. The van der Waals surface area contributed by atoms with Crippen LogP contribution in [0, 0.1) is 0 Å². The molecule has 22 heavy (non-hydrogen) atoms. The molecule has 0 atom stereocenters. The quantitative estimate of drug-likeness (QED) is 0.821. The fourth-order valence-corrected chi connectivity index (χ4v) is 2.61. The summed E-state index contributed by atoms with van der Waals surface area (Å²) in [6.45, 7) is 3.25. The van der Waals surface area contributed by atoms with Crippen molar-refractivity contribution in [2.24, 2.45) is 0 Å². The number of hydrogen-bond donors (Lipinski definition) is 1. The Morgan fingerprint density at radius 3 is 2.64 bits per heavy atom. The van der Waals surface area contributed by atoms with Crippen LogP contribution < -0.4 is 5.73 Å². The summed E-state index contributed by atoms with van der Waals surface area (Å²) >= 11 is 5.99. The first-order chi connectivity index (χ1) is 10.6. The van der Waals surface area contributed by atoms with Gasteiger partial charge in [0.2, 0.25) is 5.91 Å². The summed E-state index contributed by atoms with van der Waals surface area (Å²) in [5.41, 5.74) is 8.73. The molecule has 0 spiro atoms. The van der Waals surface area contributed by atoms with Crippen LogP contribution >= 0.6 is 11.6 Å². The molecule has 2 aromatic carbocycles. The standard InChI is InChI=1S/C18H21ClN2O/c1-2-21(13-14-6-5-8-16(19)12-14)18(22)11-10-15-7-3-4-9-17(15)20/h3-9,12H,2,10-11,13,20H2,1H3. The molecule has 0 heterocycles. The van der Waals surface area contributed by atoms with Crippen molar-refractivity contribution in [3.05, 3.63) is 64.7 Å². The lowest BCUT2D eigenvalue weighted by Gasteiger charge is -2.21. The van der Waals surface area contributed by atoms with Crippen LogP contribution in [0.2, 0.25) is 5.02 Å². The molecule has 0 radical (unpaired) electrons. The van der Waals surface area contributed by atoms with E-state index < -0.39 is 0 Å². The number of nitrogens with zero attached hydrogens (tertiary/aromatic N) is 1. The Morgan fingerprint density at radius 1 is 1.18 bits per heavy atom. The molecule has 3 nitrogen and oxygen atoms in total. The second-order valence-corrected chi connectivity index (χ2v) is 5.67. The zero-order valence-electron chi connectivity index (χ0n) is 12.8. The SMILES string of the molecule is CCN(Cc1cccc(Cl)c1)C(=O)CCc1ccccc1N. The van der Waals surface area contributed by atoms with E-state index in [4.69, 9.17) is 17.3 Å². The largest absolute Gasteiger partial charge is 0.399 e. The number of aryl methyl sites for hydroxylation is 1. The Morgan fingerprint density at radius 2 is 1.95 bits per heavy atom. The summed E-state index contributed by atoms with van der Waals surface area (Å²) in [6.07, 6.45) is 1.13. The van der Waals surface area contributed by atoms with Gasteiger partial charge in [-0.05, 0) is 42.7 Å². The third-order valence-electron chi connectivity index (χ3n) is 3.66. The van der Waals surface area contributed by atoms with E-state index in [-0.39, 0.29) is 5.91 Å². The number of amides is 1. The molecule has 0 fully saturated rings. The second kappa shape index (κ2) is 7.85. The molecule has 2 aromatic rings. The maximum Gasteiger partial charge on any atom is 0.223 e. The highest BCUT2D eigenvalue weighted by Gasteiger charge is 2.13. The van der Waals surface area contributed by atoms with Crippen molar-refractivity contribution in [1.82, 2.24) is 4.90 Å². The molecule has 2 N–H and O–H groups in total. The first kappa shape index (κ1) is 16.4. The Kier molecular flexibility index (Phi) is 5.84. The van der Waals surface area contributed by atoms with Gasteiger partial charge in [0.1, 0.15) is 0 Å². The van der Waals surface area contributed by atoms with Gasteiger partial charge in [0.05, 0.1) is 0 Å². The lowest BCUT2D eigenvalue weighted by Crippen LogP contribution is -2.30. The average molecular weight is 317 g/mol. The predicted molar refractivity (Wildman–Crippen MR) is 91.7 cm³/mol. The van der Waals surface area contributed by atoms with E-state index in [9.17, 15) is 4.79 Å². The monoisotopic (exact) mass is 316 g/mol. The molecule has 0 aliphatic rings. The maximum absolute atomic E-state index is 12.4. The van der Waals surface area contributed by atoms with Crippen LogP contribution in [0.25, 0.3) is 0 Å². The molecule has 0 saturated heterocycles. The van der Waals surface area contributed by atoms with E-state index in [1.165, 1.54) is 0 Å². The number of rotatable bonds is 6. The average Bonchev–Trinajstić information content (AvgIpc) is 2.51. The number of nitrogens with two attached hydrogens (primary N) is 1. The van der Waals surface area contributed by atoms with Gasteiger partial charge in [-0.2, -0.15) is 0 Å². The van der Waals surface area contributed by atoms with Crippen LogP contribution in [0.15, 0.2) is 48.5 Å². The van der Waals surface area contributed by atoms with E-state index in [0.29, 0.717) is 31.0 Å². The van der Waals surface area contributed by atoms with Gasteiger partial charge in [-0.25, -0.2) is 0 Å². The van der Waals surface area contributed by atoms with Crippen molar-refractivity contribution in [2.75, 3.05) is 12.3 Å². The van der Waals surface area contributed by atoms with Crippen molar-refractivity contribution >= 4 is 23.2 Å². The molecular weight excluding hydrogens is 296 g/mol. The Bertz CT molecular complexity index is 642. The third-order valence-corrected chi connectivity index (χ3v) is 3.90. The molecule has 0 aliphatic carbocycles. The van der Waals surface area contributed by atoms with Gasteiger partial charge < -0.3 is 10.6 Å². The van der Waals surface area contributed by atoms with Crippen LogP contribution in [-0.2, 0) is 17.8 Å². The summed E-state index contributed by atoms with van der Waals surface area (Å²) in [5, 5.41) is 0.693. The fourth-order valence-electron chi connectivity index (χ4n) is 2.39. The topological polar surface area (TPSA) is 46.3 Å². The van der Waals surface area contributed by atoms with Crippen LogP contribution in [0.4, 0.5) is 5.69 Å². The minimum atomic E-state index is 0.130. The Balaban J connectivity index is 1.96. The highest BCUT2D eigenvalue weighted by atomic mass is 35.5. The minimum absolute atomic E-state index is 0.130. The molecule has 116 valence electrons. The number of para-hydroxylation sites is 1. The van der Waals surface area contributed by atoms with Crippen molar-refractivity contribution in [2.45, 2.75) is 26.3 Å². The molecular formula is C18H21ClN2O. The van der Waals surface area contributed by atoms with Gasteiger partial charge in [-0.1, -0.05) is 41.9 Å². The number of benzene rings is 2. The first-order valence-corrected chi connectivity index (χ1v) is 7.83. The number of anilines is 1. The van der Waals surface area contributed by atoms with E-state index in [1.807, 2.05) is 60.4 Å². The highest BCUT2D eigenvalue weighted by Crippen LogP contribution is 2.16. The van der Waals surface area contributed by atoms with Crippen molar-refractivity contribution in [3.8, 4) is 0 Å². The van der Waals surface area contributed by atoms with Gasteiger partial charge in [0.25, 0.3) is 0 Å². The van der Waals surface area contributed by atoms with Crippen LogP contribution in [-0.4, -0.2) is 17.4 Å². The summed E-state index contributed by atoms with van der Waals surface area (Å²) < 4.78 is 0. The number of nitrogen functional groups attached to an aromatic ring is 1. The van der Waals surface area contributed by atoms with E-state index in [0.717, 1.165) is 16.8 Å². The van der Waals surface area contributed by atoms with E-state index in [2.05, 4.69) is 0 Å². The van der Waals surface area contributed by atoms with E-state index in [1.54, 1.807) is 0 Å². The van der Waals surface area contributed by atoms with Crippen molar-refractivity contribution in [1.29, 1.82) is 0 Å². The zero-order chi connectivity index (χ0) is 15.9. The van der Waals surface area contributed by atoms with Gasteiger partial charge in [0.15, 0.2) is 0 Å². The van der Waals surface area contributed by atoms with Gasteiger partial charge >= 0.3 is 0 Å². The minimum Gasteiger partial charge on any atom is -0.399 e. The summed E-state index contributed by atoms with van der Waals surface area (Å²) in [6, 6.07) is 15.3. The highest BCUT2D eigenvalue weighted by molar-refractivity contribution is 6.30. The normalized spacial score (nSPS) is 10.5. The lowest BCUT2D eigenvalue weighted by molar-refractivity contribution is -0.131. The maximum atomic E-state index is 12.4. The van der Waals surface area contributed by atoms with Crippen molar-refractivity contribution in [3.63, 3.8) is 0 Å². The van der Waals surface area contributed by atoms with Crippen LogP contribution in [0.5, 0.6) is 0 Å². The van der Waals surface area contributed by atoms with E-state index >= 15 is 0 Å². The molecule has 1 amide bonds. The van der Waals surface area contributed by atoms with Gasteiger partial charge in [0, 0.05) is 30.2 Å². The molecule has 4 heteroatoms. The third kappa shape index (κ3) is 4.50. The van der Waals surface area contributed by atoms with Crippen molar-refractivity contribution < 1.29 is 4.79 Å². The zero-order valence-corrected chi connectivity index (χ0v) is 13.5. The second-order valence-electron chi connectivity index (χ2n) is 5.24. The number of hydrogen-bond acceptors (Lipinski definition) is 2. The molecule has 0 saturated carbocycles. The number of halogens is 1. The summed E-state index contributed by atoms with van der Waals surface area (Å²) in [4.78, 5) is 14.2. The Hall–Kier alpha value is -2.00. The lowest BCUT2D eigenvalue weighted by atomic mass is 10.1. The molecule has 2 rings (SSSR count). The van der Waals surface area contributed by atoms with Crippen LogP contribution in [0.1, 0.15) is 24.5 Å². The molecule has 0 aromatic heterocycles. The van der Waals surface area contributed by atoms with Gasteiger partial charge in [-0.3, -0.25) is 4.79 Å². The number of carbonyl (C=O) groups excluding carboxylic acids is 1. The van der Waals surface area contributed by atoms with Crippen LogP contribution in [0.3, 0.4) is 0 Å². The predicted octanol–water partition coefficient (Wildman–Crippen LogP) is 3.90. The van der Waals surface area contributed by atoms with Gasteiger partial charge in [-0.15, -0.1) is 0 Å². The first-order valence-electron chi connectivity index (χ1n) is 7.45. The molecule has 0 bridgehead atoms. The Labute approximate surface area is 136 Å². The fraction of sp³-hybridized carbons (Fsp3) is 0.278. The molecule has 0 unspecified atom stereocenters.